The summed E-state index contributed by atoms with van der Waals surface area (Å²) in [7, 11) is 0. The first kappa shape index (κ1) is 81.0. The summed E-state index contributed by atoms with van der Waals surface area (Å²) < 4.78 is 74.3. The van der Waals surface area contributed by atoms with Gasteiger partial charge in [0.15, 0.2) is 42.3 Å². The Balaban J connectivity index is 0.922. The predicted octanol–water partition coefficient (Wildman–Crippen LogP) is 10.3. The van der Waals surface area contributed by atoms with Gasteiger partial charge in [0.25, 0.3) is 35.4 Å². The number of carbonyl (C=O) groups is 13. The third kappa shape index (κ3) is 16.0. The van der Waals surface area contributed by atoms with Crippen molar-refractivity contribution in [2.24, 2.45) is 0 Å². The van der Waals surface area contributed by atoms with Crippen LogP contribution in [0, 0.1) is 0 Å². The number of carbonyl (C=O) groups excluding carboxylic acids is 13. The van der Waals surface area contributed by atoms with E-state index in [1.54, 1.807) is 78.9 Å². The SMILES string of the molecule is CC(=O)[C@]1(O)[C@H](OC(=O)c2ccccc2)[C@@H](N2C(=O)c3ccccc3C2=O)[C@H](O[C@H]2[C@H](OC(=O)c3ccccc3)[C@@H](N3C(=O)c4ccccc4C3=O)[C@H](O[C@H]3[C@H](OC(=O)c4ccccc4)[C@@H](N4C(=O)c5ccccc5C4=O)[C@H](Sc4ccccc4)O[C@@H]3COC(=O)c3ccccc3)O[C@@H]2COC(=O)c2ccccc2)O[C@@H]1COC(=O)c1ccccc1. The molecule has 610 valence electrons. The third-order valence-corrected chi connectivity index (χ3v) is 22.6. The quantitative estimate of drug-likeness (QED) is 0.0315. The van der Waals surface area contributed by atoms with E-state index in [4.69, 9.17) is 52.1 Å². The molecular weight excluding hydrogens is 1580 g/mol. The Kier molecular flexibility index (Phi) is 23.4. The number of fused-ring (bicyclic) bond motifs is 3. The van der Waals surface area contributed by atoms with E-state index in [9.17, 15) is 24.3 Å². The molecule has 121 heavy (non-hydrogen) atoms. The molecule has 0 aromatic heterocycles. The number of thioether (sulfide) groups is 1. The molecule has 3 saturated heterocycles. The van der Waals surface area contributed by atoms with Crippen molar-refractivity contribution in [1.29, 1.82) is 0 Å². The number of aliphatic hydroxyl groups is 1. The van der Waals surface area contributed by atoms with Crippen molar-refractivity contribution in [3.05, 3.63) is 352 Å². The molecule has 0 bridgehead atoms. The van der Waals surface area contributed by atoms with Gasteiger partial charge in [-0.2, -0.15) is 0 Å². The first-order valence-electron chi connectivity index (χ1n) is 38.3. The van der Waals surface area contributed by atoms with Crippen molar-refractivity contribution in [2.45, 2.75) is 102 Å². The second-order valence-corrected chi connectivity index (χ2v) is 29.9. The highest BCUT2D eigenvalue weighted by molar-refractivity contribution is 7.99. The third-order valence-electron chi connectivity index (χ3n) is 21.5. The van der Waals surface area contributed by atoms with E-state index in [0.29, 0.717) is 14.7 Å². The second-order valence-electron chi connectivity index (χ2n) is 28.7. The number of Topliss-reactive ketones (excluding diaryl/α,β-unsaturated/α-hetero) is 1. The zero-order chi connectivity index (χ0) is 84.2. The molecule has 0 spiro atoms. The number of amides is 6. The van der Waals surface area contributed by atoms with Gasteiger partial charge in [-0.1, -0.05) is 176 Å². The summed E-state index contributed by atoms with van der Waals surface area (Å²) in [4.78, 5) is 202. The average Bonchev–Trinajstić information content (AvgIpc) is 1.62. The minimum Gasteiger partial charge on any atom is -0.459 e. The fourth-order valence-electron chi connectivity index (χ4n) is 15.6. The van der Waals surface area contributed by atoms with Crippen LogP contribution in [-0.4, -0.2) is 207 Å². The standard InChI is InChI=1S/C92H71N3O25S/c1-52(96)92(109)68(51-112-85(105)55-33-13-4-14-34-55)115-90(71(76(92)120-88(108)58-39-19-7-20-40-58)95-81(101)64-47-27-28-48-65(64)82(95)102)119-72-66(49-110-83(103)53-29-9-2-10-30-53)113-89(69(74(72)116-86(106)56-35-15-5-16-36-56)93-77(97)60-43-23-24-44-61(60)78(93)98)118-73-67(50-111-84(104)54-31-11-3-12-32-54)114-91(121-59-41-21-8-22-42-59)70(75(73)117-87(107)57-37-17-6-18-38-57)94-79(99)62-45-25-26-46-63(62)80(94)100/h2-48,66-76,89-91,109H,49-51H2,1H3/t66-,67-,68-,69-,70-,71-,72-,73-,74-,75-,76-,89+,90+,91+,92-/m1/s1. The molecule has 15 atom stereocenters. The highest BCUT2D eigenvalue weighted by atomic mass is 32.2. The Morgan fingerprint density at radius 2 is 0.612 bits per heavy atom. The van der Waals surface area contributed by atoms with Crippen LogP contribution in [0.5, 0.6) is 0 Å². The molecule has 0 aliphatic carbocycles. The van der Waals surface area contributed by atoms with E-state index >= 15 is 43.2 Å². The number of rotatable bonds is 25. The molecule has 28 nitrogen and oxygen atoms in total. The van der Waals surface area contributed by atoms with Crippen molar-refractivity contribution in [1.82, 2.24) is 14.7 Å². The first-order valence-corrected chi connectivity index (χ1v) is 39.2. The summed E-state index contributed by atoms with van der Waals surface area (Å²) in [5.74, 6) is -14.4. The van der Waals surface area contributed by atoms with Crippen LogP contribution in [0.1, 0.15) is 131 Å². The number of esters is 6. The molecule has 6 amide bonds. The molecule has 6 aliphatic heterocycles. The summed E-state index contributed by atoms with van der Waals surface area (Å²) >= 11 is 0.957. The zero-order valence-corrected chi connectivity index (χ0v) is 64.7. The van der Waals surface area contributed by atoms with Gasteiger partial charge in [-0.05, 0) is 128 Å². The summed E-state index contributed by atoms with van der Waals surface area (Å²) in [5.41, 5.74) is -6.70. The Hall–Kier alpha value is -13.8. The van der Waals surface area contributed by atoms with Gasteiger partial charge in [0.05, 0.1) is 66.8 Å². The molecule has 29 heteroatoms. The Morgan fingerprint density at radius 1 is 0.331 bits per heavy atom. The van der Waals surface area contributed by atoms with E-state index < -0.39 is 187 Å². The number of ether oxygens (including phenoxy) is 11. The van der Waals surface area contributed by atoms with Crippen molar-refractivity contribution in [3.8, 4) is 0 Å². The number of imide groups is 3. The first-order chi connectivity index (χ1) is 58.7. The van der Waals surface area contributed by atoms with Gasteiger partial charge in [-0.15, -0.1) is 0 Å². The van der Waals surface area contributed by atoms with Crippen molar-refractivity contribution >= 4 is 88.8 Å². The molecule has 0 unspecified atom stereocenters. The lowest BCUT2D eigenvalue weighted by atomic mass is 9.79. The second kappa shape index (κ2) is 35.0. The van der Waals surface area contributed by atoms with Gasteiger partial charge < -0.3 is 57.2 Å². The van der Waals surface area contributed by atoms with Crippen LogP contribution in [-0.2, 0) is 56.9 Å². The van der Waals surface area contributed by atoms with Crippen LogP contribution in [0.4, 0.5) is 0 Å². The Bertz CT molecular complexity index is 5560. The van der Waals surface area contributed by atoms with Gasteiger partial charge in [0.1, 0.15) is 73.9 Å². The van der Waals surface area contributed by atoms with Crippen molar-refractivity contribution in [3.63, 3.8) is 0 Å². The average molecular weight is 1650 g/mol. The molecule has 10 aromatic carbocycles. The fourth-order valence-corrected chi connectivity index (χ4v) is 16.8. The number of hydrogen-bond donors (Lipinski definition) is 1. The Labute approximate surface area is 693 Å². The van der Waals surface area contributed by atoms with E-state index in [1.165, 1.54) is 206 Å². The minimum atomic E-state index is -3.31. The van der Waals surface area contributed by atoms with Gasteiger partial charge in [-0.25, -0.2) is 28.8 Å². The molecule has 10 aromatic rings. The van der Waals surface area contributed by atoms with Crippen LogP contribution in [0.2, 0.25) is 0 Å². The molecule has 16 rings (SSSR count). The zero-order valence-electron chi connectivity index (χ0n) is 63.8. The monoisotopic (exact) mass is 1650 g/mol. The fraction of sp³-hybridized carbons (Fsp3) is 0.207. The molecule has 0 saturated carbocycles. The molecule has 6 heterocycles. The summed E-state index contributed by atoms with van der Waals surface area (Å²) in [6.07, 6.45) is -23.0. The van der Waals surface area contributed by atoms with E-state index in [1.807, 2.05) is 0 Å². The maximum atomic E-state index is 16.1. The van der Waals surface area contributed by atoms with Crippen LogP contribution < -0.4 is 0 Å². The van der Waals surface area contributed by atoms with E-state index in [2.05, 4.69) is 0 Å². The number of hydrogen-bond acceptors (Lipinski definition) is 26. The predicted molar refractivity (Wildman–Crippen MR) is 423 cm³/mol. The van der Waals surface area contributed by atoms with Crippen LogP contribution in [0.3, 0.4) is 0 Å². The van der Waals surface area contributed by atoms with E-state index in [-0.39, 0.29) is 66.8 Å². The highest BCUT2D eigenvalue weighted by Gasteiger charge is 2.68. The van der Waals surface area contributed by atoms with Crippen LogP contribution >= 0.6 is 11.8 Å². The maximum Gasteiger partial charge on any atom is 0.338 e. The molecule has 1 N–H and O–H groups in total. The lowest BCUT2D eigenvalue weighted by Crippen LogP contribution is -2.76. The van der Waals surface area contributed by atoms with Crippen LogP contribution in [0.15, 0.2) is 290 Å². The summed E-state index contributed by atoms with van der Waals surface area (Å²) in [5, 5.41) is 13.6. The smallest absolute Gasteiger partial charge is 0.338 e. The summed E-state index contributed by atoms with van der Waals surface area (Å²) in [6, 6.07) is 62.9. The molecule has 6 aliphatic rings. The van der Waals surface area contributed by atoms with Gasteiger partial charge >= 0.3 is 35.8 Å². The van der Waals surface area contributed by atoms with Gasteiger partial charge in [0.2, 0.25) is 0 Å². The number of ketones is 1. The van der Waals surface area contributed by atoms with Crippen molar-refractivity contribution in [2.75, 3.05) is 19.8 Å². The molecular formula is C92H71N3O25S. The lowest BCUT2D eigenvalue weighted by molar-refractivity contribution is -0.357. The summed E-state index contributed by atoms with van der Waals surface area (Å²) in [6.45, 7) is -2.27. The highest BCUT2D eigenvalue weighted by Crippen LogP contribution is 2.47. The minimum absolute atomic E-state index is 0.0311. The van der Waals surface area contributed by atoms with E-state index in [0.717, 1.165) is 23.6 Å². The van der Waals surface area contributed by atoms with Gasteiger partial charge in [-0.3, -0.25) is 48.3 Å². The maximum absolute atomic E-state index is 16.1. The number of benzene rings is 10. The molecule has 3 fully saturated rings. The topological polar surface area (TPSA) is 353 Å². The largest absolute Gasteiger partial charge is 0.459 e. The normalized spacial score (nSPS) is 24.7. The van der Waals surface area contributed by atoms with Crippen LogP contribution in [0.25, 0.3) is 0 Å². The number of nitrogens with zero attached hydrogens (tertiary/aromatic N) is 3. The lowest BCUT2D eigenvalue weighted by Gasteiger charge is -2.54. The molecule has 0 radical (unpaired) electrons. The Morgan fingerprint density at radius 3 is 0.967 bits per heavy atom. The van der Waals surface area contributed by atoms with Crippen molar-refractivity contribution < 1.29 is 120 Å². The van der Waals surface area contributed by atoms with Gasteiger partial charge in [0, 0.05) is 4.90 Å².